The molecule has 2 aromatic rings. The van der Waals surface area contributed by atoms with Crippen molar-refractivity contribution in [3.8, 4) is 0 Å². The van der Waals surface area contributed by atoms with Gasteiger partial charge in [-0.05, 0) is 29.8 Å². The van der Waals surface area contributed by atoms with E-state index in [-0.39, 0.29) is 11.5 Å². The molecule has 0 amide bonds. The maximum Gasteiger partial charge on any atom is 0.262 e. The predicted octanol–water partition coefficient (Wildman–Crippen LogP) is 2.26. The van der Waals surface area contributed by atoms with E-state index in [0.717, 1.165) is 18.2 Å². The number of rotatable bonds is 4. The highest BCUT2D eigenvalue weighted by Gasteiger charge is 2.18. The summed E-state index contributed by atoms with van der Waals surface area (Å²) in [5.41, 5.74) is -0.195. The third-order valence-corrected chi connectivity index (χ3v) is 3.98. The topological polar surface area (TPSA) is 66.4 Å². The van der Waals surface area contributed by atoms with Crippen LogP contribution >= 0.6 is 0 Å². The van der Waals surface area contributed by atoms with Gasteiger partial charge in [-0.2, -0.15) is 0 Å². The Labute approximate surface area is 114 Å². The molecule has 0 aliphatic rings. The van der Waals surface area contributed by atoms with Gasteiger partial charge < -0.3 is 5.11 Å². The second-order valence-electron chi connectivity index (χ2n) is 4.00. The van der Waals surface area contributed by atoms with Gasteiger partial charge in [0, 0.05) is 0 Å². The van der Waals surface area contributed by atoms with Crippen LogP contribution in [0.4, 0.5) is 14.5 Å². The smallest absolute Gasteiger partial charge is 0.262 e. The molecule has 0 bridgehead atoms. The monoisotopic (exact) mass is 299 g/mol. The maximum absolute atomic E-state index is 13.4. The Morgan fingerprint density at radius 1 is 1.00 bits per heavy atom. The Bertz CT molecular complexity index is 695. The first-order valence-corrected chi connectivity index (χ1v) is 7.09. The Morgan fingerprint density at radius 3 is 2.05 bits per heavy atom. The van der Waals surface area contributed by atoms with Crippen LogP contribution in [0, 0.1) is 11.6 Å². The quantitative estimate of drug-likeness (QED) is 0.910. The van der Waals surface area contributed by atoms with Crippen LogP contribution in [0.3, 0.4) is 0 Å². The second-order valence-corrected chi connectivity index (χ2v) is 5.69. The molecule has 0 saturated carbocycles. The van der Waals surface area contributed by atoms with Crippen molar-refractivity contribution in [2.75, 3.05) is 4.72 Å². The summed E-state index contributed by atoms with van der Waals surface area (Å²) in [7, 11) is -4.09. The average molecular weight is 299 g/mol. The van der Waals surface area contributed by atoms with Crippen LogP contribution in [0.25, 0.3) is 0 Å². The van der Waals surface area contributed by atoms with Crippen LogP contribution in [0.2, 0.25) is 0 Å². The van der Waals surface area contributed by atoms with E-state index >= 15 is 0 Å². The highest BCUT2D eigenvalue weighted by molar-refractivity contribution is 7.92. The molecular weight excluding hydrogens is 288 g/mol. The van der Waals surface area contributed by atoms with E-state index in [1.807, 2.05) is 4.72 Å². The predicted molar refractivity (Wildman–Crippen MR) is 69.5 cm³/mol. The number of nitrogens with one attached hydrogen (secondary N) is 1. The molecule has 20 heavy (non-hydrogen) atoms. The molecule has 0 unspecified atom stereocenters. The maximum atomic E-state index is 13.4. The number of hydrogen-bond donors (Lipinski definition) is 2. The fourth-order valence-corrected chi connectivity index (χ4v) is 2.64. The van der Waals surface area contributed by atoms with Gasteiger partial charge in [0.15, 0.2) is 0 Å². The Kier molecular flexibility index (Phi) is 4.01. The summed E-state index contributed by atoms with van der Waals surface area (Å²) < 4.78 is 52.7. The van der Waals surface area contributed by atoms with E-state index in [0.29, 0.717) is 5.56 Å². The van der Waals surface area contributed by atoms with Crippen LogP contribution in [-0.4, -0.2) is 13.5 Å². The van der Waals surface area contributed by atoms with E-state index in [9.17, 15) is 17.2 Å². The van der Waals surface area contributed by atoms with Crippen molar-refractivity contribution in [3.05, 3.63) is 59.7 Å². The van der Waals surface area contributed by atoms with E-state index in [1.165, 1.54) is 24.3 Å². The number of para-hydroxylation sites is 1. The van der Waals surface area contributed by atoms with Crippen LogP contribution in [0.5, 0.6) is 0 Å². The molecule has 2 rings (SSSR count). The van der Waals surface area contributed by atoms with Crippen molar-refractivity contribution in [2.24, 2.45) is 0 Å². The van der Waals surface area contributed by atoms with Gasteiger partial charge in [0.2, 0.25) is 0 Å². The van der Waals surface area contributed by atoms with E-state index < -0.39 is 27.3 Å². The van der Waals surface area contributed by atoms with Gasteiger partial charge in [-0.3, -0.25) is 4.72 Å². The third-order valence-electron chi connectivity index (χ3n) is 2.62. The lowest BCUT2D eigenvalue weighted by molar-refractivity contribution is 0.282. The van der Waals surface area contributed by atoms with Crippen LogP contribution < -0.4 is 4.72 Å². The summed E-state index contributed by atoms with van der Waals surface area (Å²) in [4.78, 5) is -0.155. The minimum Gasteiger partial charge on any atom is -0.392 e. The zero-order chi connectivity index (χ0) is 14.8. The largest absolute Gasteiger partial charge is 0.392 e. The summed E-state index contributed by atoms with van der Waals surface area (Å²) in [6.07, 6.45) is 0. The first-order valence-electron chi connectivity index (χ1n) is 5.60. The van der Waals surface area contributed by atoms with E-state index in [4.69, 9.17) is 5.11 Å². The SMILES string of the molecule is O=S(=O)(Nc1c(F)cccc1F)c1ccc(CO)cc1. The Morgan fingerprint density at radius 2 is 1.55 bits per heavy atom. The van der Waals surface area contributed by atoms with Crippen molar-refractivity contribution < 1.29 is 22.3 Å². The zero-order valence-electron chi connectivity index (χ0n) is 10.2. The Hall–Kier alpha value is -1.99. The van der Waals surface area contributed by atoms with Gasteiger partial charge in [-0.15, -0.1) is 0 Å². The second kappa shape index (κ2) is 5.56. The third kappa shape index (κ3) is 2.94. The summed E-state index contributed by atoms with van der Waals surface area (Å²) in [6, 6.07) is 8.35. The zero-order valence-corrected chi connectivity index (χ0v) is 11.0. The van der Waals surface area contributed by atoms with Gasteiger partial charge in [-0.25, -0.2) is 17.2 Å². The number of aliphatic hydroxyl groups excluding tert-OH is 1. The minimum absolute atomic E-state index is 0.155. The molecule has 2 N–H and O–H groups in total. The lowest BCUT2D eigenvalue weighted by Crippen LogP contribution is -2.15. The molecular formula is C13H11F2NO3S. The van der Waals surface area contributed by atoms with E-state index in [2.05, 4.69) is 0 Å². The molecule has 0 spiro atoms. The molecule has 0 aliphatic carbocycles. The highest BCUT2D eigenvalue weighted by Crippen LogP contribution is 2.22. The lowest BCUT2D eigenvalue weighted by Gasteiger charge is -2.10. The molecule has 0 aliphatic heterocycles. The van der Waals surface area contributed by atoms with Gasteiger partial charge in [0.05, 0.1) is 11.5 Å². The summed E-state index contributed by atoms with van der Waals surface area (Å²) in [5, 5.41) is 8.88. The Balaban J connectivity index is 2.35. The first-order chi connectivity index (χ1) is 9.44. The normalized spacial score (nSPS) is 11.3. The van der Waals surface area contributed by atoms with Crippen molar-refractivity contribution >= 4 is 15.7 Å². The number of sulfonamides is 1. The van der Waals surface area contributed by atoms with E-state index in [1.54, 1.807) is 0 Å². The van der Waals surface area contributed by atoms with Crippen molar-refractivity contribution in [1.82, 2.24) is 0 Å². The lowest BCUT2D eigenvalue weighted by atomic mass is 10.2. The van der Waals surface area contributed by atoms with Crippen LogP contribution in [0.15, 0.2) is 47.4 Å². The molecule has 4 nitrogen and oxygen atoms in total. The fraction of sp³-hybridized carbons (Fsp3) is 0.0769. The van der Waals surface area contributed by atoms with Gasteiger partial charge >= 0.3 is 0 Å². The molecule has 7 heteroatoms. The van der Waals surface area contributed by atoms with Gasteiger partial charge in [-0.1, -0.05) is 18.2 Å². The molecule has 0 atom stereocenters. The number of benzene rings is 2. The summed E-state index contributed by atoms with van der Waals surface area (Å²) >= 11 is 0. The molecule has 0 heterocycles. The van der Waals surface area contributed by atoms with Crippen molar-refractivity contribution in [3.63, 3.8) is 0 Å². The average Bonchev–Trinajstić information content (AvgIpc) is 2.43. The van der Waals surface area contributed by atoms with Crippen molar-refractivity contribution in [2.45, 2.75) is 11.5 Å². The molecule has 0 fully saturated rings. The molecule has 106 valence electrons. The molecule has 0 saturated heterocycles. The standard InChI is InChI=1S/C13H11F2NO3S/c14-11-2-1-3-12(15)13(11)16-20(18,19)10-6-4-9(8-17)5-7-10/h1-7,16-17H,8H2. The van der Waals surface area contributed by atoms with Gasteiger partial charge in [0.25, 0.3) is 10.0 Å². The van der Waals surface area contributed by atoms with Gasteiger partial charge in [0.1, 0.15) is 17.3 Å². The number of halogens is 2. The number of aliphatic hydroxyl groups is 1. The summed E-state index contributed by atoms with van der Waals surface area (Å²) in [6.45, 7) is -0.226. The molecule has 0 radical (unpaired) electrons. The molecule has 0 aromatic heterocycles. The number of hydrogen-bond acceptors (Lipinski definition) is 3. The molecule has 2 aromatic carbocycles. The van der Waals surface area contributed by atoms with Crippen molar-refractivity contribution in [1.29, 1.82) is 0 Å². The number of anilines is 1. The fourth-order valence-electron chi connectivity index (χ4n) is 1.56. The van der Waals surface area contributed by atoms with Crippen LogP contribution in [-0.2, 0) is 16.6 Å². The first kappa shape index (κ1) is 14.4. The highest BCUT2D eigenvalue weighted by atomic mass is 32.2. The van der Waals surface area contributed by atoms with Crippen LogP contribution in [0.1, 0.15) is 5.56 Å². The summed E-state index contributed by atoms with van der Waals surface area (Å²) in [5.74, 6) is -2.00. The minimum atomic E-state index is -4.09.